The summed E-state index contributed by atoms with van der Waals surface area (Å²) >= 11 is 9.73. The number of nitrogens with zero attached hydrogens (tertiary/aromatic N) is 4. The van der Waals surface area contributed by atoms with Crippen LogP contribution in [0.1, 0.15) is 62.3 Å². The van der Waals surface area contributed by atoms with Gasteiger partial charge >= 0.3 is 0 Å². The molecular weight excluding hydrogens is 550 g/mol. The van der Waals surface area contributed by atoms with Crippen molar-refractivity contribution in [1.82, 2.24) is 20.1 Å². The third-order valence-corrected chi connectivity index (χ3v) is 9.20. The van der Waals surface area contributed by atoms with Crippen molar-refractivity contribution in [2.75, 3.05) is 50.7 Å². The normalized spacial score (nSPS) is 20.8. The van der Waals surface area contributed by atoms with Crippen molar-refractivity contribution in [3.63, 3.8) is 0 Å². The predicted molar refractivity (Wildman–Crippen MR) is 156 cm³/mol. The van der Waals surface area contributed by atoms with E-state index in [2.05, 4.69) is 48.1 Å². The number of carbonyl (C=O) groups is 1. The van der Waals surface area contributed by atoms with Crippen LogP contribution in [0.3, 0.4) is 0 Å². The van der Waals surface area contributed by atoms with Gasteiger partial charge in [0.05, 0.1) is 10.0 Å². The lowest BCUT2D eigenvalue weighted by atomic mass is 9.89. The minimum atomic E-state index is -0.0162. The number of pyridine rings is 1. The fraction of sp³-hybridized carbons (Fsp3) is 0.586. The zero-order valence-corrected chi connectivity index (χ0v) is 24.0. The Kier molecular flexibility index (Phi) is 9.40. The Morgan fingerprint density at radius 3 is 2.38 bits per heavy atom. The molecule has 1 saturated carbocycles. The number of benzene rings is 1. The SMILES string of the molecule is O=C(NCC1CCCCC1)c1cnc(N2CCN(C3CCN(Cc4ccc(Cl)cc4)CC3)CC2)c(Br)c1.[HH]. The van der Waals surface area contributed by atoms with Crippen LogP contribution in [0, 0.1) is 5.92 Å². The van der Waals surface area contributed by atoms with Gasteiger partial charge in [-0.05, 0) is 84.4 Å². The summed E-state index contributed by atoms with van der Waals surface area (Å²) in [6, 6.07) is 10.8. The molecule has 37 heavy (non-hydrogen) atoms. The van der Waals surface area contributed by atoms with Gasteiger partial charge in [0, 0.05) is 58.0 Å². The molecular formula is C29H41BrClN5O. The van der Waals surface area contributed by atoms with Gasteiger partial charge in [0.2, 0.25) is 0 Å². The number of anilines is 1. The second-order valence-corrected chi connectivity index (χ2v) is 12.2. The lowest BCUT2D eigenvalue weighted by Crippen LogP contribution is -2.53. The average molecular weight is 591 g/mol. The Bertz CT molecular complexity index is 1040. The Labute approximate surface area is 236 Å². The molecule has 1 aromatic heterocycles. The van der Waals surface area contributed by atoms with Crippen molar-refractivity contribution in [3.05, 3.63) is 57.2 Å². The maximum absolute atomic E-state index is 12.7. The van der Waals surface area contributed by atoms with E-state index in [1.54, 1.807) is 6.20 Å². The molecule has 1 N–H and O–H groups in total. The van der Waals surface area contributed by atoms with Gasteiger partial charge in [0.25, 0.3) is 5.91 Å². The first-order valence-corrected chi connectivity index (χ1v) is 15.1. The molecule has 1 amide bonds. The standard InChI is InChI=1S/C29H39BrClN5O.H2/c30-27-18-24(29(37)33-19-22-4-2-1-3-5-22)20-32-28(27)36-16-14-35(15-17-36)26-10-12-34(13-11-26)21-23-6-8-25(31)9-7-23;/h6-9,18,20,22,26H,1-5,10-17,19,21H2,(H,33,37);1H. The van der Waals surface area contributed by atoms with Crippen LogP contribution in [-0.2, 0) is 6.54 Å². The molecule has 202 valence electrons. The van der Waals surface area contributed by atoms with E-state index in [0.717, 1.165) is 67.7 Å². The Morgan fingerprint density at radius 1 is 1.00 bits per heavy atom. The predicted octanol–water partition coefficient (Wildman–Crippen LogP) is 5.84. The van der Waals surface area contributed by atoms with Crippen LogP contribution in [-0.4, -0.2) is 72.5 Å². The van der Waals surface area contributed by atoms with Crippen LogP contribution in [0.2, 0.25) is 5.02 Å². The molecule has 2 aliphatic heterocycles. The summed E-state index contributed by atoms with van der Waals surface area (Å²) in [6.45, 7) is 8.11. The van der Waals surface area contributed by atoms with Crippen molar-refractivity contribution >= 4 is 39.3 Å². The van der Waals surface area contributed by atoms with Crippen LogP contribution < -0.4 is 10.2 Å². The van der Waals surface area contributed by atoms with Crippen molar-refractivity contribution in [2.45, 2.75) is 57.5 Å². The van der Waals surface area contributed by atoms with Crippen LogP contribution in [0.25, 0.3) is 0 Å². The molecule has 0 unspecified atom stereocenters. The highest BCUT2D eigenvalue weighted by atomic mass is 79.9. The molecule has 1 aliphatic carbocycles. The number of aromatic nitrogens is 1. The minimum Gasteiger partial charge on any atom is -0.353 e. The highest BCUT2D eigenvalue weighted by Gasteiger charge is 2.28. The van der Waals surface area contributed by atoms with Gasteiger partial charge in [0.1, 0.15) is 5.82 Å². The summed E-state index contributed by atoms with van der Waals surface area (Å²) in [5, 5.41) is 3.93. The quantitative estimate of drug-likeness (QED) is 0.439. The summed E-state index contributed by atoms with van der Waals surface area (Å²) in [5.74, 6) is 1.55. The number of likely N-dealkylation sites (tertiary alicyclic amines) is 1. The maximum Gasteiger partial charge on any atom is 0.252 e. The zero-order chi connectivity index (χ0) is 25.6. The Morgan fingerprint density at radius 2 is 1.70 bits per heavy atom. The highest BCUT2D eigenvalue weighted by molar-refractivity contribution is 9.10. The minimum absolute atomic E-state index is 0. The molecule has 2 saturated heterocycles. The molecule has 0 atom stereocenters. The number of piperazine rings is 1. The second kappa shape index (κ2) is 12.9. The van der Waals surface area contributed by atoms with Gasteiger partial charge in [0.15, 0.2) is 0 Å². The van der Waals surface area contributed by atoms with Crippen molar-refractivity contribution in [2.24, 2.45) is 5.92 Å². The number of hydrogen-bond donors (Lipinski definition) is 1. The molecule has 5 rings (SSSR count). The van der Waals surface area contributed by atoms with Crippen molar-refractivity contribution in [1.29, 1.82) is 0 Å². The van der Waals surface area contributed by atoms with Gasteiger partial charge in [-0.3, -0.25) is 14.6 Å². The number of nitrogens with one attached hydrogen (secondary N) is 1. The molecule has 0 radical (unpaired) electrons. The molecule has 0 spiro atoms. The third-order valence-electron chi connectivity index (χ3n) is 8.37. The van der Waals surface area contributed by atoms with E-state index in [1.807, 2.05) is 18.2 Å². The van der Waals surface area contributed by atoms with Crippen LogP contribution >= 0.6 is 27.5 Å². The van der Waals surface area contributed by atoms with E-state index >= 15 is 0 Å². The fourth-order valence-electron chi connectivity index (χ4n) is 6.11. The van der Waals surface area contributed by atoms with E-state index in [1.165, 1.54) is 50.5 Å². The molecule has 6 nitrogen and oxygen atoms in total. The topological polar surface area (TPSA) is 51.7 Å². The number of carbonyl (C=O) groups excluding carboxylic acids is 1. The Balaban J connectivity index is 0.00000336. The monoisotopic (exact) mass is 589 g/mol. The number of rotatable bonds is 7. The smallest absolute Gasteiger partial charge is 0.252 e. The van der Waals surface area contributed by atoms with E-state index in [-0.39, 0.29) is 7.33 Å². The number of hydrogen-bond acceptors (Lipinski definition) is 5. The molecule has 2 aromatic rings. The first kappa shape index (κ1) is 26.9. The summed E-state index contributed by atoms with van der Waals surface area (Å²) < 4.78 is 0.904. The summed E-state index contributed by atoms with van der Waals surface area (Å²) in [7, 11) is 0. The van der Waals surface area contributed by atoms with Crippen molar-refractivity contribution < 1.29 is 6.22 Å². The third kappa shape index (κ3) is 7.25. The fourth-order valence-corrected chi connectivity index (χ4v) is 6.83. The average Bonchev–Trinajstić information content (AvgIpc) is 2.94. The lowest BCUT2D eigenvalue weighted by Gasteiger charge is -2.43. The molecule has 8 heteroatoms. The molecule has 3 aliphatic rings. The first-order valence-electron chi connectivity index (χ1n) is 13.9. The van der Waals surface area contributed by atoms with E-state index in [4.69, 9.17) is 16.6 Å². The van der Waals surface area contributed by atoms with E-state index in [0.29, 0.717) is 17.5 Å². The zero-order valence-electron chi connectivity index (χ0n) is 21.7. The summed E-state index contributed by atoms with van der Waals surface area (Å²) in [5.41, 5.74) is 1.97. The van der Waals surface area contributed by atoms with Gasteiger partial charge in [-0.2, -0.15) is 0 Å². The molecule has 3 heterocycles. The summed E-state index contributed by atoms with van der Waals surface area (Å²) in [6.07, 6.45) is 10.6. The maximum atomic E-state index is 12.7. The highest BCUT2D eigenvalue weighted by Crippen LogP contribution is 2.28. The van der Waals surface area contributed by atoms with Gasteiger partial charge in [-0.15, -0.1) is 0 Å². The van der Waals surface area contributed by atoms with Gasteiger partial charge in [-0.25, -0.2) is 4.98 Å². The number of halogens is 2. The van der Waals surface area contributed by atoms with E-state index < -0.39 is 0 Å². The first-order chi connectivity index (χ1) is 18.0. The number of piperidine rings is 1. The van der Waals surface area contributed by atoms with E-state index in [9.17, 15) is 4.79 Å². The van der Waals surface area contributed by atoms with Gasteiger partial charge < -0.3 is 10.2 Å². The molecule has 1 aromatic carbocycles. The number of amides is 1. The van der Waals surface area contributed by atoms with Crippen LogP contribution in [0.15, 0.2) is 41.0 Å². The lowest BCUT2D eigenvalue weighted by molar-refractivity contribution is 0.0943. The van der Waals surface area contributed by atoms with Crippen molar-refractivity contribution in [3.8, 4) is 0 Å². The van der Waals surface area contributed by atoms with Crippen LogP contribution in [0.5, 0.6) is 0 Å². The van der Waals surface area contributed by atoms with Gasteiger partial charge in [-0.1, -0.05) is 43.0 Å². The van der Waals surface area contributed by atoms with Crippen LogP contribution in [0.4, 0.5) is 5.82 Å². The Hall–Kier alpha value is -1.67. The summed E-state index contributed by atoms with van der Waals surface area (Å²) in [4.78, 5) is 24.9. The largest absolute Gasteiger partial charge is 0.353 e. The molecule has 3 fully saturated rings. The molecule has 0 bridgehead atoms. The second-order valence-electron chi connectivity index (χ2n) is 10.9.